The highest BCUT2D eigenvalue weighted by atomic mass is 19.4. The zero-order chi connectivity index (χ0) is 14.8. The van der Waals surface area contributed by atoms with E-state index < -0.39 is 11.7 Å². The van der Waals surface area contributed by atoms with Crippen molar-refractivity contribution < 1.29 is 17.9 Å². The van der Waals surface area contributed by atoms with Gasteiger partial charge in [0.15, 0.2) is 0 Å². The second-order valence-electron chi connectivity index (χ2n) is 5.02. The van der Waals surface area contributed by atoms with Crippen molar-refractivity contribution >= 4 is 0 Å². The lowest BCUT2D eigenvalue weighted by Crippen LogP contribution is -2.46. The van der Waals surface area contributed by atoms with E-state index in [2.05, 4.69) is 4.90 Å². The Morgan fingerprint density at radius 1 is 1.45 bits per heavy atom. The molecule has 2 atom stereocenters. The van der Waals surface area contributed by atoms with Crippen molar-refractivity contribution in [3.63, 3.8) is 0 Å². The quantitative estimate of drug-likeness (QED) is 0.928. The van der Waals surface area contributed by atoms with Crippen molar-refractivity contribution in [3.8, 4) is 0 Å². The molecule has 3 nitrogen and oxygen atoms in total. The average Bonchev–Trinajstić information content (AvgIpc) is 2.46. The molecule has 2 rings (SSSR count). The Bertz CT molecular complexity index is 450. The number of nitrogens with two attached hydrogens (primary N) is 1. The van der Waals surface area contributed by atoms with E-state index in [4.69, 9.17) is 10.5 Å². The highest BCUT2D eigenvalue weighted by molar-refractivity contribution is 5.27. The van der Waals surface area contributed by atoms with Crippen LogP contribution in [0.5, 0.6) is 0 Å². The van der Waals surface area contributed by atoms with E-state index in [1.807, 2.05) is 6.92 Å². The molecule has 0 spiro atoms. The standard InChI is InChI=1S/C14H19F3N2O/c1-10(19-5-6-20-13(8-18)9-19)11-3-2-4-12(7-11)14(15,16)17/h2-4,7,10,13H,5-6,8-9,18H2,1H3. The lowest BCUT2D eigenvalue weighted by Gasteiger charge is -2.36. The first-order valence-electron chi connectivity index (χ1n) is 6.64. The van der Waals surface area contributed by atoms with Crippen LogP contribution in [0.25, 0.3) is 0 Å². The van der Waals surface area contributed by atoms with E-state index in [0.717, 1.165) is 6.07 Å². The molecule has 0 radical (unpaired) electrons. The molecule has 1 aromatic carbocycles. The molecule has 2 N–H and O–H groups in total. The molecule has 0 amide bonds. The largest absolute Gasteiger partial charge is 0.416 e. The molecule has 0 bridgehead atoms. The summed E-state index contributed by atoms with van der Waals surface area (Å²) in [5.74, 6) is 0. The van der Waals surface area contributed by atoms with E-state index >= 15 is 0 Å². The maximum absolute atomic E-state index is 12.7. The van der Waals surface area contributed by atoms with Crippen molar-refractivity contribution in [2.75, 3.05) is 26.2 Å². The van der Waals surface area contributed by atoms with Gasteiger partial charge in [0.1, 0.15) is 0 Å². The molecule has 1 saturated heterocycles. The molecule has 1 fully saturated rings. The third kappa shape index (κ3) is 3.50. The van der Waals surface area contributed by atoms with Gasteiger partial charge in [-0.1, -0.05) is 12.1 Å². The topological polar surface area (TPSA) is 38.5 Å². The minimum Gasteiger partial charge on any atom is -0.374 e. The van der Waals surface area contributed by atoms with Gasteiger partial charge in [0.25, 0.3) is 0 Å². The lowest BCUT2D eigenvalue weighted by molar-refractivity contribution is -0.137. The number of hydrogen-bond acceptors (Lipinski definition) is 3. The van der Waals surface area contributed by atoms with Gasteiger partial charge in [0, 0.05) is 25.7 Å². The van der Waals surface area contributed by atoms with Crippen LogP contribution in [0.1, 0.15) is 24.1 Å². The summed E-state index contributed by atoms with van der Waals surface area (Å²) in [7, 11) is 0. The summed E-state index contributed by atoms with van der Waals surface area (Å²) in [6.07, 6.45) is -4.35. The third-order valence-corrected chi connectivity index (χ3v) is 3.68. The highest BCUT2D eigenvalue weighted by Gasteiger charge is 2.31. The second-order valence-corrected chi connectivity index (χ2v) is 5.02. The molecule has 1 heterocycles. The monoisotopic (exact) mass is 288 g/mol. The molecule has 112 valence electrons. The first kappa shape index (κ1) is 15.3. The van der Waals surface area contributed by atoms with Crippen molar-refractivity contribution in [3.05, 3.63) is 35.4 Å². The number of benzene rings is 1. The smallest absolute Gasteiger partial charge is 0.374 e. The molecule has 0 aliphatic carbocycles. The Morgan fingerprint density at radius 2 is 2.20 bits per heavy atom. The van der Waals surface area contributed by atoms with Gasteiger partial charge in [0.2, 0.25) is 0 Å². The lowest BCUT2D eigenvalue weighted by atomic mass is 10.0. The van der Waals surface area contributed by atoms with Crippen LogP contribution in [0.2, 0.25) is 0 Å². The summed E-state index contributed by atoms with van der Waals surface area (Å²) in [5.41, 5.74) is 5.64. The summed E-state index contributed by atoms with van der Waals surface area (Å²) in [6.45, 7) is 4.24. The SMILES string of the molecule is CC(c1cccc(C(F)(F)F)c1)N1CCOC(CN)C1. The van der Waals surface area contributed by atoms with E-state index in [0.29, 0.717) is 31.8 Å². The van der Waals surface area contributed by atoms with Crippen LogP contribution < -0.4 is 5.73 Å². The second kappa shape index (κ2) is 6.11. The van der Waals surface area contributed by atoms with Crippen molar-refractivity contribution in [1.29, 1.82) is 0 Å². The van der Waals surface area contributed by atoms with Gasteiger partial charge in [-0.25, -0.2) is 0 Å². The number of morpholine rings is 1. The summed E-state index contributed by atoms with van der Waals surface area (Å²) in [4.78, 5) is 2.11. The first-order chi connectivity index (χ1) is 9.41. The van der Waals surface area contributed by atoms with E-state index in [9.17, 15) is 13.2 Å². The fraction of sp³-hybridized carbons (Fsp3) is 0.571. The number of alkyl halides is 3. The highest BCUT2D eigenvalue weighted by Crippen LogP contribution is 2.32. The van der Waals surface area contributed by atoms with Crippen LogP contribution >= 0.6 is 0 Å². The van der Waals surface area contributed by atoms with Crippen LogP contribution in [0.3, 0.4) is 0 Å². The zero-order valence-corrected chi connectivity index (χ0v) is 11.4. The maximum Gasteiger partial charge on any atom is 0.416 e. The Morgan fingerprint density at radius 3 is 2.85 bits per heavy atom. The number of ether oxygens (including phenoxy) is 1. The fourth-order valence-electron chi connectivity index (χ4n) is 2.42. The fourth-order valence-corrected chi connectivity index (χ4v) is 2.42. The van der Waals surface area contributed by atoms with Gasteiger partial charge >= 0.3 is 6.18 Å². The molecule has 6 heteroatoms. The molecule has 1 aromatic rings. The molecule has 1 aliphatic heterocycles. The molecule has 0 saturated carbocycles. The first-order valence-corrected chi connectivity index (χ1v) is 6.64. The predicted octanol–water partition coefficient (Wildman–Crippen LogP) is 2.43. The Balaban J connectivity index is 2.14. The average molecular weight is 288 g/mol. The molecule has 0 aromatic heterocycles. The molecular formula is C14H19F3N2O. The summed E-state index contributed by atoms with van der Waals surface area (Å²) in [5, 5.41) is 0. The number of rotatable bonds is 3. The predicted molar refractivity (Wildman–Crippen MR) is 70.2 cm³/mol. The third-order valence-electron chi connectivity index (χ3n) is 3.68. The van der Waals surface area contributed by atoms with Gasteiger partial charge in [-0.05, 0) is 24.6 Å². The van der Waals surface area contributed by atoms with Crippen LogP contribution in [0.4, 0.5) is 13.2 Å². The van der Waals surface area contributed by atoms with Crippen molar-refractivity contribution in [2.45, 2.75) is 25.2 Å². The molecule has 2 unspecified atom stereocenters. The molecule has 1 aliphatic rings. The number of hydrogen-bond donors (Lipinski definition) is 1. The van der Waals surface area contributed by atoms with Crippen LogP contribution in [-0.2, 0) is 10.9 Å². The van der Waals surface area contributed by atoms with Gasteiger partial charge in [-0.15, -0.1) is 0 Å². The minimum absolute atomic E-state index is 0.0444. The van der Waals surface area contributed by atoms with E-state index in [-0.39, 0.29) is 12.1 Å². The van der Waals surface area contributed by atoms with Crippen molar-refractivity contribution in [2.24, 2.45) is 5.73 Å². The maximum atomic E-state index is 12.7. The summed E-state index contributed by atoms with van der Waals surface area (Å²) in [6, 6.07) is 5.41. The van der Waals surface area contributed by atoms with Gasteiger partial charge in [0.05, 0.1) is 18.3 Å². The van der Waals surface area contributed by atoms with Crippen LogP contribution in [0.15, 0.2) is 24.3 Å². The van der Waals surface area contributed by atoms with Crippen LogP contribution in [0, 0.1) is 0 Å². The summed E-state index contributed by atoms with van der Waals surface area (Å²) >= 11 is 0. The van der Waals surface area contributed by atoms with Gasteiger partial charge in [-0.3, -0.25) is 4.90 Å². The van der Waals surface area contributed by atoms with Crippen LogP contribution in [-0.4, -0.2) is 37.2 Å². The van der Waals surface area contributed by atoms with Crippen molar-refractivity contribution in [1.82, 2.24) is 4.90 Å². The normalized spacial score (nSPS) is 22.8. The van der Waals surface area contributed by atoms with Gasteiger partial charge in [-0.2, -0.15) is 13.2 Å². The zero-order valence-electron chi connectivity index (χ0n) is 11.4. The number of halogens is 3. The summed E-state index contributed by atoms with van der Waals surface area (Å²) < 4.78 is 43.7. The minimum atomic E-state index is -4.31. The van der Waals surface area contributed by atoms with Gasteiger partial charge < -0.3 is 10.5 Å². The molecule has 20 heavy (non-hydrogen) atoms. The Hall–Kier alpha value is -1.11. The van der Waals surface area contributed by atoms with E-state index in [1.54, 1.807) is 6.07 Å². The Labute approximate surface area is 116 Å². The Kier molecular flexibility index (Phi) is 4.67. The van der Waals surface area contributed by atoms with E-state index in [1.165, 1.54) is 12.1 Å². The molecular weight excluding hydrogens is 269 g/mol. The number of nitrogens with zero attached hydrogens (tertiary/aromatic N) is 1.